The summed E-state index contributed by atoms with van der Waals surface area (Å²) in [4.78, 5) is 2.27. The molecule has 1 fully saturated rings. The Balaban J connectivity index is 1.27. The van der Waals surface area contributed by atoms with E-state index in [1.807, 2.05) is 25.1 Å². The Morgan fingerprint density at radius 1 is 1.12 bits per heavy atom. The second-order valence-electron chi connectivity index (χ2n) is 6.84. The molecule has 6 heteroatoms. The molecule has 6 nitrogen and oxygen atoms in total. The minimum absolute atomic E-state index is 0.282. The van der Waals surface area contributed by atoms with Gasteiger partial charge in [-0.25, -0.2) is 0 Å². The van der Waals surface area contributed by atoms with Gasteiger partial charge in [-0.2, -0.15) is 5.10 Å². The van der Waals surface area contributed by atoms with Gasteiger partial charge in [-0.3, -0.25) is 0 Å². The van der Waals surface area contributed by atoms with Crippen LogP contribution in [-0.2, 0) is 0 Å². The van der Waals surface area contributed by atoms with Crippen molar-refractivity contribution in [2.75, 3.05) is 37.7 Å². The molecule has 0 bridgehead atoms. The van der Waals surface area contributed by atoms with E-state index in [9.17, 15) is 0 Å². The van der Waals surface area contributed by atoms with E-state index >= 15 is 0 Å². The van der Waals surface area contributed by atoms with Crippen LogP contribution in [0.1, 0.15) is 24.2 Å². The van der Waals surface area contributed by atoms with Crippen molar-refractivity contribution in [2.24, 2.45) is 5.92 Å². The van der Waals surface area contributed by atoms with E-state index in [0.717, 1.165) is 42.6 Å². The smallest absolute Gasteiger partial charge is 0.161 e. The van der Waals surface area contributed by atoms with Crippen LogP contribution in [0.2, 0.25) is 0 Å². The summed E-state index contributed by atoms with van der Waals surface area (Å²) in [5.74, 6) is 3.31. The van der Waals surface area contributed by atoms with Crippen molar-refractivity contribution < 1.29 is 9.47 Å². The minimum atomic E-state index is 0.282. The summed E-state index contributed by atoms with van der Waals surface area (Å²) in [6.45, 7) is 8.44. The van der Waals surface area contributed by atoms with E-state index in [1.165, 1.54) is 5.56 Å². The normalized spacial score (nSPS) is 17.9. The third kappa shape index (κ3) is 3.54. The van der Waals surface area contributed by atoms with Crippen molar-refractivity contribution in [3.63, 3.8) is 0 Å². The molecule has 25 heavy (non-hydrogen) atoms. The highest BCUT2D eigenvalue weighted by atomic mass is 16.6. The van der Waals surface area contributed by atoms with Gasteiger partial charge < -0.3 is 19.7 Å². The summed E-state index contributed by atoms with van der Waals surface area (Å²) in [6, 6.07) is 10.5. The number of nitrogens with zero attached hydrogens (tertiary/aromatic N) is 3. The first-order valence-corrected chi connectivity index (χ1v) is 8.87. The molecule has 0 aliphatic carbocycles. The van der Waals surface area contributed by atoms with Crippen LogP contribution in [0.25, 0.3) is 0 Å². The first-order valence-electron chi connectivity index (χ1n) is 8.87. The molecule has 1 unspecified atom stereocenters. The first-order chi connectivity index (χ1) is 12.2. The van der Waals surface area contributed by atoms with E-state index in [1.54, 1.807) is 0 Å². The number of rotatable bonds is 5. The monoisotopic (exact) mass is 340 g/mol. The van der Waals surface area contributed by atoms with Crippen molar-refractivity contribution in [2.45, 2.75) is 19.9 Å². The van der Waals surface area contributed by atoms with E-state index in [0.29, 0.717) is 19.1 Å². The van der Waals surface area contributed by atoms with Gasteiger partial charge in [0.1, 0.15) is 13.2 Å². The van der Waals surface area contributed by atoms with Crippen molar-refractivity contribution in [1.82, 2.24) is 15.5 Å². The summed E-state index contributed by atoms with van der Waals surface area (Å²) in [6.07, 6.45) is 0. The molecule has 2 aliphatic heterocycles. The summed E-state index contributed by atoms with van der Waals surface area (Å²) in [5, 5.41) is 12.0. The number of hydrogen-bond donors (Lipinski definition) is 1. The Morgan fingerprint density at radius 2 is 1.92 bits per heavy atom. The third-order valence-electron chi connectivity index (χ3n) is 4.84. The van der Waals surface area contributed by atoms with Crippen LogP contribution in [0.4, 0.5) is 5.82 Å². The van der Waals surface area contributed by atoms with Crippen LogP contribution in [0.3, 0.4) is 0 Å². The Hall–Kier alpha value is -2.34. The molecule has 1 saturated heterocycles. The fraction of sp³-hybridized carbons (Fsp3) is 0.474. The van der Waals surface area contributed by atoms with Crippen molar-refractivity contribution in [3.8, 4) is 11.5 Å². The van der Waals surface area contributed by atoms with Crippen molar-refractivity contribution >= 4 is 5.82 Å². The molecule has 1 N–H and O–H groups in total. The predicted molar refractivity (Wildman–Crippen MR) is 96.3 cm³/mol. The summed E-state index contributed by atoms with van der Waals surface area (Å²) < 4.78 is 11.3. The van der Waals surface area contributed by atoms with Gasteiger partial charge in [0.15, 0.2) is 17.3 Å². The first kappa shape index (κ1) is 16.1. The molecule has 132 valence electrons. The molecule has 0 radical (unpaired) electrons. The van der Waals surface area contributed by atoms with Crippen LogP contribution < -0.4 is 19.7 Å². The maximum atomic E-state index is 5.67. The number of ether oxygens (including phenoxy) is 2. The van der Waals surface area contributed by atoms with Crippen LogP contribution in [0.5, 0.6) is 11.5 Å². The molecular weight excluding hydrogens is 316 g/mol. The highest BCUT2D eigenvalue weighted by Gasteiger charge is 2.28. The Bertz CT molecular complexity index is 729. The molecule has 0 spiro atoms. The fourth-order valence-electron chi connectivity index (χ4n) is 3.24. The van der Waals surface area contributed by atoms with Gasteiger partial charge in [0.2, 0.25) is 0 Å². The van der Waals surface area contributed by atoms with Gasteiger partial charge >= 0.3 is 0 Å². The zero-order valence-electron chi connectivity index (χ0n) is 14.7. The molecule has 2 aromatic rings. The van der Waals surface area contributed by atoms with Gasteiger partial charge in [-0.15, -0.1) is 5.10 Å². The van der Waals surface area contributed by atoms with Crippen LogP contribution >= 0.6 is 0 Å². The molecule has 1 aromatic carbocycles. The number of aryl methyl sites for hydroxylation is 1. The van der Waals surface area contributed by atoms with Gasteiger partial charge in [0, 0.05) is 31.6 Å². The summed E-state index contributed by atoms with van der Waals surface area (Å²) >= 11 is 0. The lowest BCUT2D eigenvalue weighted by Gasteiger charge is -2.40. The zero-order chi connectivity index (χ0) is 17.2. The van der Waals surface area contributed by atoms with Gasteiger partial charge in [0.05, 0.1) is 5.69 Å². The lowest BCUT2D eigenvalue weighted by molar-refractivity contribution is 0.171. The van der Waals surface area contributed by atoms with E-state index < -0.39 is 0 Å². The fourth-order valence-corrected chi connectivity index (χ4v) is 3.24. The quantitative estimate of drug-likeness (QED) is 0.902. The number of fused-ring (bicyclic) bond motifs is 1. The van der Waals surface area contributed by atoms with Crippen LogP contribution in [0.15, 0.2) is 30.3 Å². The lowest BCUT2D eigenvalue weighted by atomic mass is 9.99. The Morgan fingerprint density at radius 3 is 2.68 bits per heavy atom. The average molecular weight is 340 g/mol. The van der Waals surface area contributed by atoms with Gasteiger partial charge in [-0.1, -0.05) is 6.07 Å². The van der Waals surface area contributed by atoms with E-state index in [4.69, 9.17) is 9.47 Å². The zero-order valence-corrected chi connectivity index (χ0v) is 14.7. The van der Waals surface area contributed by atoms with Crippen LogP contribution in [0, 0.1) is 12.8 Å². The standard InChI is InChI=1S/C19H24N4O2/c1-13-3-6-19(22-21-13)23-11-15(12-23)10-20-14(2)16-4-5-17-18(9-16)25-8-7-24-17/h3-6,9,14-15,20H,7-8,10-12H2,1-2H3. The third-order valence-corrected chi connectivity index (χ3v) is 4.84. The van der Waals surface area contributed by atoms with E-state index in [-0.39, 0.29) is 6.04 Å². The highest BCUT2D eigenvalue weighted by molar-refractivity contribution is 5.44. The molecule has 2 aliphatic rings. The molecular formula is C19H24N4O2. The predicted octanol–water partition coefficient (Wildman–Crippen LogP) is 2.34. The Labute approximate surface area is 148 Å². The maximum Gasteiger partial charge on any atom is 0.161 e. The molecule has 1 atom stereocenters. The van der Waals surface area contributed by atoms with Gasteiger partial charge in [0.25, 0.3) is 0 Å². The summed E-state index contributed by atoms with van der Waals surface area (Å²) in [5.41, 5.74) is 2.18. The van der Waals surface area contributed by atoms with Crippen LogP contribution in [-0.4, -0.2) is 43.0 Å². The number of aromatic nitrogens is 2. The van der Waals surface area contributed by atoms with Gasteiger partial charge in [-0.05, 0) is 43.7 Å². The number of hydrogen-bond acceptors (Lipinski definition) is 6. The summed E-state index contributed by atoms with van der Waals surface area (Å²) in [7, 11) is 0. The second kappa shape index (κ2) is 6.88. The maximum absolute atomic E-state index is 5.67. The largest absolute Gasteiger partial charge is 0.486 e. The average Bonchev–Trinajstić information content (AvgIpc) is 2.61. The van der Waals surface area contributed by atoms with Crippen molar-refractivity contribution in [3.05, 3.63) is 41.6 Å². The van der Waals surface area contributed by atoms with Crippen molar-refractivity contribution in [1.29, 1.82) is 0 Å². The molecule has 0 saturated carbocycles. The molecule has 3 heterocycles. The SMILES string of the molecule is Cc1ccc(N2CC(CNC(C)c3ccc4c(c3)OCCO4)C2)nn1. The second-order valence-corrected chi connectivity index (χ2v) is 6.84. The highest BCUT2D eigenvalue weighted by Crippen LogP contribution is 2.32. The Kier molecular flexibility index (Phi) is 4.44. The number of anilines is 1. The lowest BCUT2D eigenvalue weighted by Crippen LogP contribution is -2.51. The molecule has 4 rings (SSSR count). The molecule has 0 amide bonds. The minimum Gasteiger partial charge on any atom is -0.486 e. The van der Waals surface area contributed by atoms with E-state index in [2.05, 4.69) is 39.5 Å². The topological polar surface area (TPSA) is 59.5 Å². The number of nitrogens with one attached hydrogen (secondary N) is 1. The molecule has 1 aromatic heterocycles. The number of benzene rings is 1.